The lowest BCUT2D eigenvalue weighted by Crippen LogP contribution is -1.93. The largest absolute Gasteiger partial charge is 0.351 e. The van der Waals surface area contributed by atoms with Gasteiger partial charge in [-0.1, -0.05) is 6.07 Å². The molecule has 0 radical (unpaired) electrons. The molecule has 0 fully saturated rings. The highest BCUT2D eigenvalue weighted by molar-refractivity contribution is 6.04. The van der Waals surface area contributed by atoms with E-state index in [1.165, 1.54) is 12.1 Å². The summed E-state index contributed by atoms with van der Waals surface area (Å²) in [5.74, 6) is -2.21. The van der Waals surface area contributed by atoms with Gasteiger partial charge in [0, 0.05) is 10.9 Å². The Labute approximate surface area is 118 Å². The molecule has 1 N–H and O–H groups in total. The molecule has 0 spiro atoms. The lowest BCUT2D eigenvalue weighted by atomic mass is 10.0. The van der Waals surface area contributed by atoms with Crippen LogP contribution in [0.4, 0.5) is 13.2 Å². The highest BCUT2D eigenvalue weighted by atomic mass is 19.1. The standard InChI is InChI=1S/C16H10F3NO/c1-8-5-9-10(7-21)16(20-15(9)13(19)6-8)14-11(17)3-2-4-12(14)18/h2-7,20H,1H3. The fourth-order valence-electron chi connectivity index (χ4n) is 2.46. The van der Waals surface area contributed by atoms with E-state index in [0.29, 0.717) is 17.2 Å². The molecule has 3 rings (SSSR count). The molecule has 0 aliphatic carbocycles. The van der Waals surface area contributed by atoms with Crippen LogP contribution >= 0.6 is 0 Å². The van der Waals surface area contributed by atoms with Crippen molar-refractivity contribution in [3.8, 4) is 11.3 Å². The summed E-state index contributed by atoms with van der Waals surface area (Å²) in [4.78, 5) is 14.0. The quantitative estimate of drug-likeness (QED) is 0.698. The van der Waals surface area contributed by atoms with Crippen molar-refractivity contribution >= 4 is 17.2 Å². The van der Waals surface area contributed by atoms with Gasteiger partial charge in [0.25, 0.3) is 0 Å². The number of nitrogens with one attached hydrogen (secondary N) is 1. The topological polar surface area (TPSA) is 32.9 Å². The highest BCUT2D eigenvalue weighted by Gasteiger charge is 2.20. The third kappa shape index (κ3) is 2.01. The molecule has 0 atom stereocenters. The van der Waals surface area contributed by atoms with E-state index in [-0.39, 0.29) is 22.3 Å². The number of carbonyl (C=O) groups excluding carboxylic acids is 1. The first-order chi connectivity index (χ1) is 10.0. The molecular weight excluding hydrogens is 279 g/mol. The average molecular weight is 289 g/mol. The number of aldehydes is 1. The first kappa shape index (κ1) is 13.4. The van der Waals surface area contributed by atoms with Crippen molar-refractivity contribution in [1.82, 2.24) is 4.98 Å². The molecule has 0 aliphatic heterocycles. The van der Waals surface area contributed by atoms with Crippen LogP contribution in [-0.4, -0.2) is 11.3 Å². The van der Waals surface area contributed by atoms with Gasteiger partial charge in [0.1, 0.15) is 17.5 Å². The smallest absolute Gasteiger partial charge is 0.152 e. The van der Waals surface area contributed by atoms with Crippen LogP contribution in [0.15, 0.2) is 30.3 Å². The second kappa shape index (κ2) is 4.77. The van der Waals surface area contributed by atoms with Crippen LogP contribution in [0.2, 0.25) is 0 Å². The van der Waals surface area contributed by atoms with Gasteiger partial charge in [-0.25, -0.2) is 13.2 Å². The van der Waals surface area contributed by atoms with Gasteiger partial charge in [-0.05, 0) is 36.8 Å². The lowest BCUT2D eigenvalue weighted by molar-refractivity contribution is 0.112. The molecule has 3 aromatic rings. The van der Waals surface area contributed by atoms with E-state index in [0.717, 1.165) is 12.1 Å². The molecule has 5 heteroatoms. The van der Waals surface area contributed by atoms with Crippen molar-refractivity contribution in [3.63, 3.8) is 0 Å². The van der Waals surface area contributed by atoms with Crippen LogP contribution in [0.3, 0.4) is 0 Å². The number of hydrogen-bond acceptors (Lipinski definition) is 1. The van der Waals surface area contributed by atoms with Crippen LogP contribution in [0, 0.1) is 24.4 Å². The third-order valence-corrected chi connectivity index (χ3v) is 3.37. The molecular formula is C16H10F3NO. The number of aromatic nitrogens is 1. The Morgan fingerprint density at radius 2 is 1.71 bits per heavy atom. The van der Waals surface area contributed by atoms with E-state index in [1.54, 1.807) is 13.0 Å². The zero-order chi connectivity index (χ0) is 15.1. The monoisotopic (exact) mass is 289 g/mol. The molecule has 1 aromatic heterocycles. The average Bonchev–Trinajstić information content (AvgIpc) is 2.77. The number of H-pyrrole nitrogens is 1. The van der Waals surface area contributed by atoms with Gasteiger partial charge in [-0.3, -0.25) is 4.79 Å². The number of fused-ring (bicyclic) bond motifs is 1. The van der Waals surface area contributed by atoms with Crippen molar-refractivity contribution < 1.29 is 18.0 Å². The Kier molecular flexibility index (Phi) is 3.05. The minimum absolute atomic E-state index is 0.0385. The van der Waals surface area contributed by atoms with Gasteiger partial charge in [-0.15, -0.1) is 0 Å². The minimum Gasteiger partial charge on any atom is -0.351 e. The molecule has 0 saturated carbocycles. The summed E-state index contributed by atoms with van der Waals surface area (Å²) in [7, 11) is 0. The molecule has 1 heterocycles. The van der Waals surface area contributed by atoms with Crippen molar-refractivity contribution in [2.75, 3.05) is 0 Å². The van der Waals surface area contributed by atoms with E-state index in [1.807, 2.05) is 0 Å². The van der Waals surface area contributed by atoms with E-state index < -0.39 is 17.5 Å². The normalized spacial score (nSPS) is 11.0. The second-order valence-electron chi connectivity index (χ2n) is 4.80. The van der Waals surface area contributed by atoms with Crippen molar-refractivity contribution in [1.29, 1.82) is 0 Å². The predicted molar refractivity (Wildman–Crippen MR) is 73.7 cm³/mol. The Balaban J connectivity index is 2.44. The molecule has 0 bridgehead atoms. The summed E-state index contributed by atoms with van der Waals surface area (Å²) in [5.41, 5.74) is 0.285. The summed E-state index contributed by atoms with van der Waals surface area (Å²) < 4.78 is 41.7. The van der Waals surface area contributed by atoms with Crippen LogP contribution in [0.5, 0.6) is 0 Å². The SMILES string of the molecule is Cc1cc(F)c2[nH]c(-c3c(F)cccc3F)c(C=O)c2c1. The number of halogens is 3. The van der Waals surface area contributed by atoms with Crippen LogP contribution < -0.4 is 0 Å². The fourth-order valence-corrected chi connectivity index (χ4v) is 2.46. The zero-order valence-electron chi connectivity index (χ0n) is 11.0. The summed E-state index contributed by atoms with van der Waals surface area (Å²) in [6.07, 6.45) is 0.471. The van der Waals surface area contributed by atoms with Gasteiger partial charge in [0.15, 0.2) is 6.29 Å². The predicted octanol–water partition coefficient (Wildman–Crippen LogP) is 4.37. The lowest BCUT2D eigenvalue weighted by Gasteiger charge is -2.03. The fraction of sp³-hybridized carbons (Fsp3) is 0.0625. The van der Waals surface area contributed by atoms with Crippen LogP contribution in [0.1, 0.15) is 15.9 Å². The Hall–Kier alpha value is -2.56. The maximum absolute atomic E-state index is 14.0. The van der Waals surface area contributed by atoms with Gasteiger partial charge in [0.2, 0.25) is 0 Å². The number of aromatic amines is 1. The molecule has 2 aromatic carbocycles. The van der Waals surface area contributed by atoms with E-state index in [2.05, 4.69) is 4.98 Å². The van der Waals surface area contributed by atoms with E-state index >= 15 is 0 Å². The summed E-state index contributed by atoms with van der Waals surface area (Å²) in [5, 5.41) is 0.306. The van der Waals surface area contributed by atoms with Gasteiger partial charge in [-0.2, -0.15) is 0 Å². The molecule has 106 valence electrons. The van der Waals surface area contributed by atoms with Gasteiger partial charge >= 0.3 is 0 Å². The molecule has 0 amide bonds. The van der Waals surface area contributed by atoms with Gasteiger partial charge < -0.3 is 4.98 Å². The Morgan fingerprint density at radius 1 is 1.05 bits per heavy atom. The van der Waals surface area contributed by atoms with Crippen molar-refractivity contribution in [2.24, 2.45) is 0 Å². The highest BCUT2D eigenvalue weighted by Crippen LogP contribution is 2.33. The molecule has 0 aliphatic rings. The molecule has 2 nitrogen and oxygen atoms in total. The Bertz CT molecular complexity index is 847. The molecule has 0 saturated heterocycles. The maximum atomic E-state index is 14.0. The van der Waals surface area contributed by atoms with Crippen LogP contribution in [0.25, 0.3) is 22.2 Å². The summed E-state index contributed by atoms with van der Waals surface area (Å²) in [6.45, 7) is 1.67. The first-order valence-electron chi connectivity index (χ1n) is 6.24. The number of aryl methyl sites for hydroxylation is 1. The number of rotatable bonds is 2. The van der Waals surface area contributed by atoms with Crippen molar-refractivity contribution in [2.45, 2.75) is 6.92 Å². The van der Waals surface area contributed by atoms with Crippen molar-refractivity contribution in [3.05, 3.63) is 58.9 Å². The van der Waals surface area contributed by atoms with Crippen LogP contribution in [-0.2, 0) is 0 Å². The minimum atomic E-state index is -0.818. The number of carbonyl (C=O) groups is 1. The number of benzene rings is 2. The summed E-state index contributed by atoms with van der Waals surface area (Å²) >= 11 is 0. The number of hydrogen-bond donors (Lipinski definition) is 1. The maximum Gasteiger partial charge on any atom is 0.152 e. The third-order valence-electron chi connectivity index (χ3n) is 3.37. The second-order valence-corrected chi connectivity index (χ2v) is 4.80. The Morgan fingerprint density at radius 3 is 2.33 bits per heavy atom. The summed E-state index contributed by atoms with van der Waals surface area (Å²) in [6, 6.07) is 6.28. The zero-order valence-corrected chi connectivity index (χ0v) is 11.0. The van der Waals surface area contributed by atoms with E-state index in [9.17, 15) is 18.0 Å². The van der Waals surface area contributed by atoms with Gasteiger partial charge in [0.05, 0.1) is 16.8 Å². The molecule has 21 heavy (non-hydrogen) atoms. The molecule has 0 unspecified atom stereocenters. The van der Waals surface area contributed by atoms with E-state index in [4.69, 9.17) is 0 Å². The first-order valence-corrected chi connectivity index (χ1v) is 6.24.